The lowest BCUT2D eigenvalue weighted by molar-refractivity contribution is 0.00589. The summed E-state index contributed by atoms with van der Waals surface area (Å²) < 4.78 is 18.8. The molecule has 0 aromatic heterocycles. The van der Waals surface area contributed by atoms with Crippen LogP contribution in [0.1, 0.15) is 59.6 Å². The van der Waals surface area contributed by atoms with Crippen LogP contribution < -0.4 is 10.1 Å². The first-order valence-electron chi connectivity index (χ1n) is 10.6. The average molecular weight is 413 g/mol. The molecule has 2 N–H and O–H groups in total. The van der Waals surface area contributed by atoms with Crippen molar-refractivity contribution in [2.45, 2.75) is 50.3 Å². The minimum absolute atomic E-state index is 0.0126. The third kappa shape index (κ3) is 4.35. The van der Waals surface area contributed by atoms with Gasteiger partial charge in [-0.1, -0.05) is 18.2 Å². The Labute approximate surface area is 176 Å². The molecule has 0 spiro atoms. The van der Waals surface area contributed by atoms with Crippen LogP contribution in [0.4, 0.5) is 4.39 Å². The van der Waals surface area contributed by atoms with Gasteiger partial charge in [0.05, 0.1) is 13.2 Å². The van der Waals surface area contributed by atoms with Gasteiger partial charge in [0.15, 0.2) is 11.6 Å². The summed E-state index contributed by atoms with van der Waals surface area (Å²) in [5.74, 6) is 0.378. The van der Waals surface area contributed by atoms with Crippen LogP contribution in [-0.2, 0) is 0 Å². The van der Waals surface area contributed by atoms with Crippen LogP contribution >= 0.6 is 0 Å². The van der Waals surface area contributed by atoms with Gasteiger partial charge in [0.25, 0.3) is 5.91 Å². The number of methoxy groups -OCH3 is 1. The molecule has 1 saturated heterocycles. The number of β-amino-alcohol motifs (C(OH)–C–C–N with tert-alkyl or cyclic N) is 1. The largest absolute Gasteiger partial charge is 0.494 e. The van der Waals surface area contributed by atoms with E-state index in [1.54, 1.807) is 17.0 Å². The number of nitrogens with zero attached hydrogens (tertiary/aromatic N) is 1. The number of aliphatic hydroxyl groups excluding tert-OH is 1. The number of carbonyl (C=O) groups is 1. The second kappa shape index (κ2) is 8.74. The molecule has 1 saturated carbocycles. The molecular formula is C24H29FN2O3. The second-order valence-corrected chi connectivity index (χ2v) is 8.48. The Kier molecular flexibility index (Phi) is 6.06. The van der Waals surface area contributed by atoms with E-state index in [1.807, 2.05) is 12.1 Å². The summed E-state index contributed by atoms with van der Waals surface area (Å²) in [5.41, 5.74) is 2.95. The number of aliphatic hydroxyl groups is 1. The monoisotopic (exact) mass is 412 g/mol. The molecule has 2 aliphatic rings. The van der Waals surface area contributed by atoms with Gasteiger partial charge in [0.1, 0.15) is 0 Å². The number of benzene rings is 2. The van der Waals surface area contributed by atoms with E-state index in [1.165, 1.54) is 18.7 Å². The predicted octanol–water partition coefficient (Wildman–Crippen LogP) is 3.64. The average Bonchev–Trinajstić information content (AvgIpc) is 3.19. The summed E-state index contributed by atoms with van der Waals surface area (Å²) >= 11 is 0. The third-order valence-corrected chi connectivity index (χ3v) is 6.37. The number of carbonyl (C=O) groups excluding carboxylic acids is 1. The normalized spacial score (nSPS) is 22.6. The van der Waals surface area contributed by atoms with Gasteiger partial charge in [-0.25, -0.2) is 4.39 Å². The molecule has 1 unspecified atom stereocenters. The van der Waals surface area contributed by atoms with Crippen molar-refractivity contribution >= 4 is 5.91 Å². The van der Waals surface area contributed by atoms with Crippen LogP contribution in [-0.4, -0.2) is 48.3 Å². The maximum atomic E-state index is 13.7. The van der Waals surface area contributed by atoms with Crippen molar-refractivity contribution in [3.05, 3.63) is 65.0 Å². The van der Waals surface area contributed by atoms with Gasteiger partial charge < -0.3 is 20.1 Å². The van der Waals surface area contributed by atoms with Crippen LogP contribution in [0.3, 0.4) is 0 Å². The number of amides is 1. The van der Waals surface area contributed by atoms with E-state index in [-0.39, 0.29) is 29.6 Å². The summed E-state index contributed by atoms with van der Waals surface area (Å²) in [6, 6.07) is 13.4. The number of likely N-dealkylation sites (tertiary alicyclic amines) is 1. The quantitative estimate of drug-likeness (QED) is 0.761. The van der Waals surface area contributed by atoms with Crippen molar-refractivity contribution in [1.29, 1.82) is 0 Å². The number of hydrogen-bond acceptors (Lipinski definition) is 4. The van der Waals surface area contributed by atoms with Crippen LogP contribution in [0.5, 0.6) is 5.75 Å². The summed E-state index contributed by atoms with van der Waals surface area (Å²) in [6.45, 7) is 2.94. The first kappa shape index (κ1) is 20.8. The number of hydrogen-bond donors (Lipinski definition) is 2. The van der Waals surface area contributed by atoms with Crippen LogP contribution in [0.25, 0.3) is 0 Å². The van der Waals surface area contributed by atoms with E-state index in [4.69, 9.17) is 4.74 Å². The van der Waals surface area contributed by atoms with E-state index < -0.39 is 0 Å². The Balaban J connectivity index is 1.33. The molecule has 1 aliphatic carbocycles. The zero-order valence-electron chi connectivity index (χ0n) is 17.5. The molecule has 2 aromatic carbocycles. The van der Waals surface area contributed by atoms with Crippen molar-refractivity contribution < 1.29 is 19.0 Å². The Hall–Kier alpha value is -2.44. The fourth-order valence-electron chi connectivity index (χ4n) is 4.53. The predicted molar refractivity (Wildman–Crippen MR) is 113 cm³/mol. The molecule has 160 valence electrons. The van der Waals surface area contributed by atoms with Crippen molar-refractivity contribution in [2.24, 2.45) is 0 Å². The highest BCUT2D eigenvalue weighted by Crippen LogP contribution is 2.36. The van der Waals surface area contributed by atoms with Gasteiger partial charge in [-0.3, -0.25) is 4.79 Å². The van der Waals surface area contributed by atoms with E-state index in [0.717, 1.165) is 24.8 Å². The van der Waals surface area contributed by atoms with Crippen molar-refractivity contribution in [2.75, 3.05) is 20.2 Å². The fraction of sp³-hybridized carbons (Fsp3) is 0.458. The third-order valence-electron chi connectivity index (χ3n) is 6.37. The summed E-state index contributed by atoms with van der Waals surface area (Å²) in [7, 11) is 1.48. The van der Waals surface area contributed by atoms with Crippen LogP contribution in [0.15, 0.2) is 42.5 Å². The Bertz CT molecular complexity index is 896. The van der Waals surface area contributed by atoms with Crippen molar-refractivity contribution in [1.82, 2.24) is 10.2 Å². The lowest BCUT2D eigenvalue weighted by Crippen LogP contribution is -2.53. The molecule has 1 aliphatic heterocycles. The molecule has 6 heteroatoms. The number of halogens is 1. The lowest BCUT2D eigenvalue weighted by Gasteiger charge is -2.35. The number of ether oxygens (including phenoxy) is 1. The molecule has 4 rings (SSSR count). The van der Waals surface area contributed by atoms with Gasteiger partial charge in [-0.2, -0.15) is 0 Å². The van der Waals surface area contributed by atoms with Crippen molar-refractivity contribution in [3.63, 3.8) is 0 Å². The Morgan fingerprint density at radius 2 is 1.93 bits per heavy atom. The lowest BCUT2D eigenvalue weighted by atomic mass is 9.95. The Morgan fingerprint density at radius 3 is 2.60 bits per heavy atom. The standard InChI is InChI=1S/C24H29FN2O3/c1-15(18-8-10-22(25)23(12-18)30-2)26-20-9-7-19(11-20)16-3-5-17(6-4-16)24(29)27-13-21(28)14-27/h3-6,8,10,12,15,19-21,26,28H,7,9,11,13-14H2,1-2H3/t15-,19-,20?/m1/s1. The van der Waals surface area contributed by atoms with Crippen LogP contribution in [0.2, 0.25) is 0 Å². The molecule has 0 bridgehead atoms. The number of rotatable bonds is 6. The Morgan fingerprint density at radius 1 is 1.20 bits per heavy atom. The van der Waals surface area contributed by atoms with E-state index in [9.17, 15) is 14.3 Å². The molecule has 0 radical (unpaired) electrons. The molecule has 2 aromatic rings. The topological polar surface area (TPSA) is 61.8 Å². The van der Waals surface area contributed by atoms with E-state index >= 15 is 0 Å². The minimum Gasteiger partial charge on any atom is -0.494 e. The molecule has 1 heterocycles. The van der Waals surface area contributed by atoms with Gasteiger partial charge in [0, 0.05) is 30.7 Å². The summed E-state index contributed by atoms with van der Waals surface area (Å²) in [5, 5.41) is 13.0. The minimum atomic E-state index is -0.380. The first-order chi connectivity index (χ1) is 14.4. The molecule has 5 nitrogen and oxygen atoms in total. The van der Waals surface area contributed by atoms with Crippen LogP contribution in [0, 0.1) is 5.82 Å². The van der Waals surface area contributed by atoms with Crippen molar-refractivity contribution in [3.8, 4) is 5.75 Å². The molecule has 2 fully saturated rings. The SMILES string of the molecule is COc1cc([C@@H](C)NC2CC[C@@H](c3ccc(C(=O)N4CC(O)C4)cc3)C2)ccc1F. The smallest absolute Gasteiger partial charge is 0.254 e. The highest BCUT2D eigenvalue weighted by molar-refractivity contribution is 5.94. The zero-order valence-corrected chi connectivity index (χ0v) is 17.5. The zero-order chi connectivity index (χ0) is 21.3. The maximum Gasteiger partial charge on any atom is 0.254 e. The molecule has 30 heavy (non-hydrogen) atoms. The van der Waals surface area contributed by atoms with Gasteiger partial charge >= 0.3 is 0 Å². The maximum absolute atomic E-state index is 13.7. The first-order valence-corrected chi connectivity index (χ1v) is 10.6. The van der Waals surface area contributed by atoms with E-state index in [2.05, 4.69) is 24.4 Å². The number of nitrogens with one attached hydrogen (secondary N) is 1. The molecular weight excluding hydrogens is 383 g/mol. The summed E-state index contributed by atoms with van der Waals surface area (Å²) in [6.07, 6.45) is 2.84. The van der Waals surface area contributed by atoms with Gasteiger partial charge in [-0.05, 0) is 67.5 Å². The van der Waals surface area contributed by atoms with Gasteiger partial charge in [0.2, 0.25) is 0 Å². The van der Waals surface area contributed by atoms with Gasteiger partial charge in [-0.15, -0.1) is 0 Å². The summed E-state index contributed by atoms with van der Waals surface area (Å²) in [4.78, 5) is 14.0. The molecule has 1 amide bonds. The highest BCUT2D eigenvalue weighted by atomic mass is 19.1. The van der Waals surface area contributed by atoms with E-state index in [0.29, 0.717) is 30.6 Å². The fourth-order valence-corrected chi connectivity index (χ4v) is 4.53. The second-order valence-electron chi connectivity index (χ2n) is 8.48. The molecule has 3 atom stereocenters. The highest BCUT2D eigenvalue weighted by Gasteiger charge is 2.30.